The second-order valence-electron chi connectivity index (χ2n) is 8.44. The SMILES string of the molecule is CCc1ccc(C(=O)N2CCc3[nH]c4ccc(Cl)cc4c3C2)cc1S(=O)(=O)N1CCOCC1. The molecule has 0 unspecified atom stereocenters. The molecule has 1 N–H and O–H groups in total. The van der Waals surface area contributed by atoms with E-state index in [0.717, 1.165) is 22.2 Å². The van der Waals surface area contributed by atoms with Crippen LogP contribution in [0.15, 0.2) is 41.3 Å². The fraction of sp³-hybridized carbons (Fsp3) is 0.375. The Hall–Kier alpha value is -2.39. The lowest BCUT2D eigenvalue weighted by molar-refractivity contribution is 0.0727. The maximum atomic E-state index is 13.5. The summed E-state index contributed by atoms with van der Waals surface area (Å²) in [5.41, 5.74) is 4.29. The average Bonchev–Trinajstić information content (AvgIpc) is 3.20. The third-order valence-electron chi connectivity index (χ3n) is 6.51. The van der Waals surface area contributed by atoms with Gasteiger partial charge in [0.2, 0.25) is 10.0 Å². The number of aromatic amines is 1. The Morgan fingerprint density at radius 1 is 1.12 bits per heavy atom. The molecule has 2 aromatic carbocycles. The number of hydrogen-bond acceptors (Lipinski definition) is 4. The summed E-state index contributed by atoms with van der Waals surface area (Å²) in [6.07, 6.45) is 1.27. The fourth-order valence-corrected chi connectivity index (χ4v) is 6.59. The molecule has 0 atom stereocenters. The number of carbonyl (C=O) groups is 1. The third kappa shape index (κ3) is 4.05. The van der Waals surface area contributed by atoms with Crippen molar-refractivity contribution in [2.45, 2.75) is 31.2 Å². The van der Waals surface area contributed by atoms with Crippen LogP contribution >= 0.6 is 11.6 Å². The number of ether oxygens (including phenoxy) is 1. The Kier molecular flexibility index (Phi) is 5.95. The van der Waals surface area contributed by atoms with Crippen LogP contribution in [0.1, 0.15) is 34.1 Å². The molecule has 0 bridgehead atoms. The van der Waals surface area contributed by atoms with Gasteiger partial charge in [0.1, 0.15) is 0 Å². The number of nitrogens with one attached hydrogen (secondary N) is 1. The smallest absolute Gasteiger partial charge is 0.254 e. The van der Waals surface area contributed by atoms with E-state index in [2.05, 4.69) is 4.98 Å². The van der Waals surface area contributed by atoms with E-state index in [1.807, 2.05) is 25.1 Å². The van der Waals surface area contributed by atoms with Crippen LogP contribution in [0.4, 0.5) is 0 Å². The molecular weight excluding hydrogens is 462 g/mol. The Balaban J connectivity index is 1.46. The van der Waals surface area contributed by atoms with Crippen LogP contribution in [0.25, 0.3) is 10.9 Å². The van der Waals surface area contributed by atoms with Crippen molar-refractivity contribution >= 4 is 38.4 Å². The summed E-state index contributed by atoms with van der Waals surface area (Å²) in [7, 11) is -3.70. The predicted molar refractivity (Wildman–Crippen MR) is 127 cm³/mol. The third-order valence-corrected chi connectivity index (χ3v) is 8.72. The lowest BCUT2D eigenvalue weighted by Gasteiger charge is -2.29. The molecule has 1 aromatic heterocycles. The van der Waals surface area contributed by atoms with E-state index >= 15 is 0 Å². The number of hydrogen-bond donors (Lipinski definition) is 1. The number of aromatic nitrogens is 1. The first kappa shape index (κ1) is 22.4. The van der Waals surface area contributed by atoms with Crippen molar-refractivity contribution in [1.82, 2.24) is 14.2 Å². The van der Waals surface area contributed by atoms with Crippen molar-refractivity contribution in [3.05, 3.63) is 63.8 Å². The molecule has 7 nitrogen and oxygen atoms in total. The number of morpholine rings is 1. The molecule has 174 valence electrons. The number of carbonyl (C=O) groups excluding carboxylic acids is 1. The van der Waals surface area contributed by atoms with Gasteiger partial charge in [-0.2, -0.15) is 4.31 Å². The zero-order valence-electron chi connectivity index (χ0n) is 18.4. The number of amides is 1. The maximum absolute atomic E-state index is 13.5. The van der Waals surface area contributed by atoms with Gasteiger partial charge in [-0.1, -0.05) is 24.6 Å². The molecule has 9 heteroatoms. The summed E-state index contributed by atoms with van der Waals surface area (Å²) in [6.45, 7) is 4.34. The van der Waals surface area contributed by atoms with Crippen molar-refractivity contribution in [3.63, 3.8) is 0 Å². The van der Waals surface area contributed by atoms with Gasteiger partial charge in [-0.25, -0.2) is 8.42 Å². The van der Waals surface area contributed by atoms with Gasteiger partial charge in [0.25, 0.3) is 5.91 Å². The highest BCUT2D eigenvalue weighted by Gasteiger charge is 2.30. The molecule has 2 aliphatic heterocycles. The van der Waals surface area contributed by atoms with Gasteiger partial charge in [0.05, 0.1) is 18.1 Å². The van der Waals surface area contributed by atoms with Crippen LogP contribution in [-0.2, 0) is 34.1 Å². The second kappa shape index (κ2) is 8.76. The second-order valence-corrected chi connectivity index (χ2v) is 10.8. The van der Waals surface area contributed by atoms with Crippen LogP contribution in [0.3, 0.4) is 0 Å². The van der Waals surface area contributed by atoms with Crippen LogP contribution in [0.5, 0.6) is 0 Å². The molecule has 3 heterocycles. The molecule has 0 spiro atoms. The zero-order chi connectivity index (χ0) is 23.2. The fourth-order valence-electron chi connectivity index (χ4n) is 4.69. The van der Waals surface area contributed by atoms with Crippen molar-refractivity contribution < 1.29 is 17.9 Å². The van der Waals surface area contributed by atoms with Crippen LogP contribution in [0, 0.1) is 0 Å². The normalized spacial score (nSPS) is 17.3. The molecular formula is C24H26ClN3O4S. The van der Waals surface area contributed by atoms with Gasteiger partial charge < -0.3 is 14.6 Å². The molecule has 0 aliphatic carbocycles. The quantitative estimate of drug-likeness (QED) is 0.609. The largest absolute Gasteiger partial charge is 0.379 e. The van der Waals surface area contributed by atoms with E-state index in [-0.39, 0.29) is 10.8 Å². The van der Waals surface area contributed by atoms with Gasteiger partial charge in [0, 0.05) is 65.3 Å². The van der Waals surface area contributed by atoms with E-state index in [1.54, 1.807) is 23.1 Å². The minimum Gasteiger partial charge on any atom is -0.379 e. The molecule has 2 aliphatic rings. The molecule has 1 saturated heterocycles. The van der Waals surface area contributed by atoms with Crippen molar-refractivity contribution in [2.24, 2.45) is 0 Å². The number of halogens is 1. The number of rotatable bonds is 4. The van der Waals surface area contributed by atoms with Gasteiger partial charge in [0.15, 0.2) is 0 Å². The van der Waals surface area contributed by atoms with Crippen LogP contribution in [-0.4, -0.2) is 61.4 Å². The minimum atomic E-state index is -3.70. The van der Waals surface area contributed by atoms with E-state index in [9.17, 15) is 13.2 Å². The summed E-state index contributed by atoms with van der Waals surface area (Å²) in [4.78, 5) is 18.9. The molecule has 0 radical (unpaired) electrons. The van der Waals surface area contributed by atoms with Crippen LogP contribution in [0.2, 0.25) is 5.02 Å². The highest BCUT2D eigenvalue weighted by atomic mass is 35.5. The predicted octanol–water partition coefficient (Wildman–Crippen LogP) is 3.60. The first-order valence-corrected chi connectivity index (χ1v) is 13.0. The van der Waals surface area contributed by atoms with E-state index in [0.29, 0.717) is 68.4 Å². The number of fused-ring (bicyclic) bond motifs is 3. The summed E-state index contributed by atoms with van der Waals surface area (Å²) in [6, 6.07) is 10.8. The topological polar surface area (TPSA) is 82.7 Å². The summed E-state index contributed by atoms with van der Waals surface area (Å²) >= 11 is 6.20. The average molecular weight is 488 g/mol. The lowest BCUT2D eigenvalue weighted by Crippen LogP contribution is -2.41. The van der Waals surface area contributed by atoms with Crippen molar-refractivity contribution in [3.8, 4) is 0 Å². The molecule has 1 fully saturated rings. The maximum Gasteiger partial charge on any atom is 0.254 e. The van der Waals surface area contributed by atoms with Gasteiger partial charge in [-0.15, -0.1) is 0 Å². The molecule has 33 heavy (non-hydrogen) atoms. The zero-order valence-corrected chi connectivity index (χ0v) is 20.0. The number of H-pyrrole nitrogens is 1. The minimum absolute atomic E-state index is 0.168. The summed E-state index contributed by atoms with van der Waals surface area (Å²) < 4.78 is 33.5. The van der Waals surface area contributed by atoms with Gasteiger partial charge in [-0.3, -0.25) is 4.79 Å². The highest BCUT2D eigenvalue weighted by Crippen LogP contribution is 2.31. The van der Waals surface area contributed by atoms with Crippen molar-refractivity contribution in [1.29, 1.82) is 0 Å². The highest BCUT2D eigenvalue weighted by molar-refractivity contribution is 7.89. The monoisotopic (exact) mass is 487 g/mol. The Bertz CT molecular complexity index is 1330. The number of benzene rings is 2. The summed E-state index contributed by atoms with van der Waals surface area (Å²) in [5.74, 6) is -0.168. The van der Waals surface area contributed by atoms with Gasteiger partial charge >= 0.3 is 0 Å². The molecule has 0 saturated carbocycles. The van der Waals surface area contributed by atoms with Crippen LogP contribution < -0.4 is 0 Å². The molecule has 3 aromatic rings. The Labute approximate surface area is 198 Å². The first-order valence-electron chi connectivity index (χ1n) is 11.2. The van der Waals surface area contributed by atoms with E-state index in [4.69, 9.17) is 16.3 Å². The lowest BCUT2D eigenvalue weighted by atomic mass is 10.0. The standard InChI is InChI=1S/C24H26ClN3O4S/c1-2-16-3-4-17(13-23(16)33(30,31)28-9-11-32-12-10-28)24(29)27-8-7-22-20(15-27)19-14-18(25)5-6-21(19)26-22/h3-6,13-14,26H,2,7-12,15H2,1H3. The number of nitrogens with zero attached hydrogens (tertiary/aromatic N) is 2. The Morgan fingerprint density at radius 3 is 2.67 bits per heavy atom. The van der Waals surface area contributed by atoms with Crippen molar-refractivity contribution in [2.75, 3.05) is 32.8 Å². The van der Waals surface area contributed by atoms with Gasteiger partial charge in [-0.05, 0) is 42.3 Å². The molecule has 5 rings (SSSR count). The van der Waals surface area contributed by atoms with E-state index < -0.39 is 10.0 Å². The number of sulfonamides is 1. The van der Waals surface area contributed by atoms with E-state index in [1.165, 1.54) is 4.31 Å². The first-order chi connectivity index (χ1) is 15.9. The summed E-state index contributed by atoms with van der Waals surface area (Å²) in [5, 5.41) is 1.67. The number of aryl methyl sites for hydroxylation is 1. The molecule has 1 amide bonds. The Morgan fingerprint density at radius 2 is 1.91 bits per heavy atom.